The highest BCUT2D eigenvalue weighted by molar-refractivity contribution is 7.99. The molecule has 172 valence electrons. The number of hydrogen-bond donors (Lipinski definition) is 1. The molecule has 1 heterocycles. The number of anilines is 1. The van der Waals surface area contributed by atoms with E-state index in [9.17, 15) is 13.2 Å². The minimum absolute atomic E-state index is 0.0993. The second kappa shape index (κ2) is 10.8. The van der Waals surface area contributed by atoms with Crippen LogP contribution >= 0.6 is 23.4 Å². The second-order valence-electron chi connectivity index (χ2n) is 7.64. The minimum Gasteiger partial charge on any atom is -0.324 e. The first-order chi connectivity index (χ1) is 14.5. The van der Waals surface area contributed by atoms with Crippen molar-refractivity contribution in [3.8, 4) is 0 Å². The number of rotatable bonds is 10. The largest absolute Gasteiger partial charge is 0.324 e. The van der Waals surface area contributed by atoms with Crippen molar-refractivity contribution in [2.24, 2.45) is 5.92 Å². The molecule has 0 aliphatic heterocycles. The zero-order valence-corrected chi connectivity index (χ0v) is 21.3. The zero-order valence-electron chi connectivity index (χ0n) is 18.9. The molecule has 0 aliphatic rings. The Morgan fingerprint density at radius 1 is 1.26 bits per heavy atom. The van der Waals surface area contributed by atoms with Crippen LogP contribution in [-0.2, 0) is 21.4 Å². The molecule has 0 atom stereocenters. The fraction of sp³-hybridized carbons (Fsp3) is 0.524. The monoisotopic (exact) mass is 486 g/mol. The van der Waals surface area contributed by atoms with E-state index in [1.807, 2.05) is 13.8 Å². The van der Waals surface area contributed by atoms with Crippen molar-refractivity contribution in [2.75, 3.05) is 24.2 Å². The average Bonchev–Trinajstić information content (AvgIpc) is 2.96. The Hall–Kier alpha value is -1.55. The summed E-state index contributed by atoms with van der Waals surface area (Å²) in [5, 5.41) is 3.81. The smallest absolute Gasteiger partial charge is 0.243 e. The van der Waals surface area contributed by atoms with E-state index in [2.05, 4.69) is 28.7 Å². The average molecular weight is 487 g/mol. The number of aryl methyl sites for hydroxylation is 1. The van der Waals surface area contributed by atoms with Gasteiger partial charge in [0.1, 0.15) is 0 Å². The topological polar surface area (TPSA) is 84.3 Å². The number of benzene rings is 1. The summed E-state index contributed by atoms with van der Waals surface area (Å²) in [4.78, 5) is 17.3. The van der Waals surface area contributed by atoms with Crippen LogP contribution < -0.4 is 5.32 Å². The number of hydrogen-bond acceptors (Lipinski definition) is 5. The Morgan fingerprint density at radius 3 is 2.48 bits per heavy atom. The Labute approximate surface area is 194 Å². The van der Waals surface area contributed by atoms with Crippen molar-refractivity contribution in [3.63, 3.8) is 0 Å². The van der Waals surface area contributed by atoms with Crippen molar-refractivity contribution in [3.05, 3.63) is 34.6 Å². The van der Waals surface area contributed by atoms with Crippen LogP contribution in [0.1, 0.15) is 39.1 Å². The Kier molecular flexibility index (Phi) is 9.00. The fourth-order valence-corrected chi connectivity index (χ4v) is 5.65. The maximum Gasteiger partial charge on any atom is 0.243 e. The van der Waals surface area contributed by atoms with Crippen molar-refractivity contribution in [1.29, 1.82) is 0 Å². The van der Waals surface area contributed by atoms with E-state index in [0.29, 0.717) is 19.0 Å². The molecule has 10 heteroatoms. The van der Waals surface area contributed by atoms with Gasteiger partial charge in [-0.1, -0.05) is 51.1 Å². The number of aromatic nitrogens is 2. The van der Waals surface area contributed by atoms with Crippen LogP contribution in [0.15, 0.2) is 28.3 Å². The predicted octanol–water partition coefficient (Wildman–Crippen LogP) is 4.57. The van der Waals surface area contributed by atoms with Crippen LogP contribution in [0, 0.1) is 19.8 Å². The lowest BCUT2D eigenvalue weighted by molar-refractivity contribution is -0.113. The lowest BCUT2D eigenvalue weighted by atomic mass is 10.2. The highest BCUT2D eigenvalue weighted by Crippen LogP contribution is 2.28. The summed E-state index contributed by atoms with van der Waals surface area (Å²) >= 11 is 7.56. The maximum atomic E-state index is 12.8. The zero-order chi connectivity index (χ0) is 23.3. The van der Waals surface area contributed by atoms with Crippen LogP contribution in [0.4, 0.5) is 5.69 Å². The first-order valence-electron chi connectivity index (χ1n) is 10.3. The highest BCUT2D eigenvalue weighted by atomic mass is 35.5. The number of halogens is 1. The molecule has 31 heavy (non-hydrogen) atoms. The number of sulfonamides is 1. The number of nitrogens with one attached hydrogen (secondary N) is 1. The Balaban J connectivity index is 2.16. The molecule has 0 spiro atoms. The summed E-state index contributed by atoms with van der Waals surface area (Å²) in [5.41, 5.74) is 2.31. The summed E-state index contributed by atoms with van der Waals surface area (Å²) in [5.74, 6) is 0.311. The molecule has 0 radical (unpaired) electrons. The normalized spacial score (nSPS) is 12.0. The van der Waals surface area contributed by atoms with Gasteiger partial charge in [-0.2, -0.15) is 4.31 Å². The third-order valence-corrected chi connectivity index (χ3v) is 8.21. The van der Waals surface area contributed by atoms with E-state index in [0.717, 1.165) is 23.1 Å². The summed E-state index contributed by atoms with van der Waals surface area (Å²) in [6, 6.07) is 4.35. The summed E-state index contributed by atoms with van der Waals surface area (Å²) in [6.07, 6.45) is 0. The molecule has 1 N–H and O–H groups in total. The van der Waals surface area contributed by atoms with Gasteiger partial charge in [-0.25, -0.2) is 13.4 Å². The number of amides is 1. The molecular weight excluding hydrogens is 456 g/mol. The van der Waals surface area contributed by atoms with Gasteiger partial charge < -0.3 is 9.88 Å². The van der Waals surface area contributed by atoms with E-state index >= 15 is 0 Å². The van der Waals surface area contributed by atoms with Crippen molar-refractivity contribution in [1.82, 2.24) is 13.9 Å². The number of thioether (sulfide) groups is 1. The number of carbonyl (C=O) groups is 1. The fourth-order valence-electron chi connectivity index (χ4n) is 3.10. The summed E-state index contributed by atoms with van der Waals surface area (Å²) in [7, 11) is -3.65. The summed E-state index contributed by atoms with van der Waals surface area (Å²) < 4.78 is 29.0. The molecule has 0 aliphatic carbocycles. The molecular formula is C21H31ClN4O3S2. The van der Waals surface area contributed by atoms with Crippen LogP contribution in [0.5, 0.6) is 0 Å². The van der Waals surface area contributed by atoms with E-state index in [4.69, 9.17) is 11.6 Å². The maximum absolute atomic E-state index is 12.8. The molecule has 0 bridgehead atoms. The molecule has 1 aromatic heterocycles. The third kappa shape index (κ3) is 6.25. The van der Waals surface area contributed by atoms with Gasteiger partial charge in [0, 0.05) is 25.3 Å². The predicted molar refractivity (Wildman–Crippen MR) is 127 cm³/mol. The van der Waals surface area contributed by atoms with E-state index in [-0.39, 0.29) is 27.3 Å². The SMILES string of the molecule is CCN(CC)S(=O)(=O)c1ccc(Cl)c(NC(=O)CSc2nc(C)c(C)n2CC(C)C)c1. The number of carbonyl (C=O) groups excluding carboxylic acids is 1. The quantitative estimate of drug-likeness (QED) is 0.497. The number of nitrogens with zero attached hydrogens (tertiary/aromatic N) is 3. The molecule has 2 rings (SSSR count). The molecule has 0 saturated heterocycles. The van der Waals surface area contributed by atoms with Gasteiger partial charge in [-0.05, 0) is 38.0 Å². The van der Waals surface area contributed by atoms with Crippen molar-refractivity contribution in [2.45, 2.75) is 58.1 Å². The third-order valence-electron chi connectivity index (χ3n) is 4.86. The second-order valence-corrected chi connectivity index (χ2v) is 10.9. The van der Waals surface area contributed by atoms with Crippen LogP contribution in [0.2, 0.25) is 5.02 Å². The summed E-state index contributed by atoms with van der Waals surface area (Å²) in [6.45, 7) is 13.4. The van der Waals surface area contributed by atoms with Gasteiger partial charge in [0.05, 0.1) is 27.1 Å². The van der Waals surface area contributed by atoms with Crippen LogP contribution in [0.25, 0.3) is 0 Å². The van der Waals surface area contributed by atoms with E-state index in [1.54, 1.807) is 13.8 Å². The first-order valence-corrected chi connectivity index (χ1v) is 13.1. The standard InChI is InChI=1S/C21H31ClN4O3S2/c1-7-25(8-2)31(28,29)17-9-10-18(22)19(11-17)24-20(27)13-30-21-23-15(5)16(6)26(21)12-14(3)4/h9-11,14H,7-8,12-13H2,1-6H3,(H,24,27). The van der Waals surface area contributed by atoms with Crippen LogP contribution in [-0.4, -0.2) is 47.0 Å². The van der Waals surface area contributed by atoms with Gasteiger partial charge in [0.25, 0.3) is 0 Å². The van der Waals surface area contributed by atoms with E-state index in [1.165, 1.54) is 34.3 Å². The van der Waals surface area contributed by atoms with Gasteiger partial charge in [-0.15, -0.1) is 0 Å². The Morgan fingerprint density at radius 2 is 1.90 bits per heavy atom. The van der Waals surface area contributed by atoms with Crippen molar-refractivity contribution < 1.29 is 13.2 Å². The molecule has 1 aromatic carbocycles. The molecule has 7 nitrogen and oxygen atoms in total. The van der Waals surface area contributed by atoms with Gasteiger partial charge in [0.2, 0.25) is 15.9 Å². The lowest BCUT2D eigenvalue weighted by Crippen LogP contribution is -2.30. The number of imidazole rings is 1. The molecule has 0 unspecified atom stereocenters. The highest BCUT2D eigenvalue weighted by Gasteiger charge is 2.23. The van der Waals surface area contributed by atoms with Gasteiger partial charge in [0.15, 0.2) is 5.16 Å². The van der Waals surface area contributed by atoms with Crippen LogP contribution in [0.3, 0.4) is 0 Å². The van der Waals surface area contributed by atoms with Gasteiger partial charge in [-0.3, -0.25) is 4.79 Å². The van der Waals surface area contributed by atoms with Gasteiger partial charge >= 0.3 is 0 Å². The molecule has 0 saturated carbocycles. The molecule has 1 amide bonds. The lowest BCUT2D eigenvalue weighted by Gasteiger charge is -2.19. The minimum atomic E-state index is -3.65. The molecule has 0 fully saturated rings. The molecule has 2 aromatic rings. The van der Waals surface area contributed by atoms with E-state index < -0.39 is 10.0 Å². The van der Waals surface area contributed by atoms with Crippen molar-refractivity contribution >= 4 is 45.0 Å². The Bertz CT molecular complexity index is 1030. The first kappa shape index (κ1) is 25.7.